The molecule has 0 bridgehead atoms. The zero-order chi connectivity index (χ0) is 17.0. The molecule has 3 rings (SSSR count). The molecule has 0 spiro atoms. The van der Waals surface area contributed by atoms with Gasteiger partial charge in [0.05, 0.1) is 6.54 Å². The van der Waals surface area contributed by atoms with Gasteiger partial charge in [-0.25, -0.2) is 9.38 Å². The van der Waals surface area contributed by atoms with Crippen LogP contribution in [0.15, 0.2) is 47.7 Å². The molecule has 0 saturated heterocycles. The molecule has 1 fully saturated rings. The molecule has 0 unspecified atom stereocenters. The molecule has 0 amide bonds. The molecule has 2 N–H and O–H groups in total. The molecule has 1 aliphatic carbocycles. The van der Waals surface area contributed by atoms with Crippen LogP contribution in [0.4, 0.5) is 4.39 Å². The van der Waals surface area contributed by atoms with Crippen molar-refractivity contribution < 1.29 is 4.39 Å². The van der Waals surface area contributed by atoms with Gasteiger partial charge in [0, 0.05) is 37.9 Å². The first-order chi connectivity index (χ1) is 11.6. The van der Waals surface area contributed by atoms with Crippen molar-refractivity contribution in [3.63, 3.8) is 0 Å². The Kier molecular flexibility index (Phi) is 6.87. The van der Waals surface area contributed by atoms with Gasteiger partial charge in [-0.05, 0) is 43.0 Å². The Balaban J connectivity index is 0.00000225. The maximum atomic E-state index is 14.1. The monoisotopic (exact) mass is 456 g/mol. The molecule has 1 heterocycles. The van der Waals surface area contributed by atoms with E-state index in [4.69, 9.17) is 0 Å². The van der Waals surface area contributed by atoms with E-state index in [0.29, 0.717) is 13.1 Å². The van der Waals surface area contributed by atoms with Crippen molar-refractivity contribution in [1.82, 2.24) is 15.2 Å². The van der Waals surface area contributed by atoms with Gasteiger partial charge in [0.25, 0.3) is 0 Å². The summed E-state index contributed by atoms with van der Waals surface area (Å²) in [5.74, 6) is 0.673. The van der Waals surface area contributed by atoms with E-state index in [1.807, 2.05) is 36.9 Å². The fourth-order valence-corrected chi connectivity index (χ4v) is 3.00. The number of aromatic nitrogens is 1. The summed E-state index contributed by atoms with van der Waals surface area (Å²) in [5.41, 5.74) is 1.90. The summed E-state index contributed by atoms with van der Waals surface area (Å²) >= 11 is 0. The highest BCUT2D eigenvalue weighted by Crippen LogP contribution is 2.48. The Hall–Kier alpha value is -1.57. The van der Waals surface area contributed by atoms with Crippen molar-refractivity contribution in [2.24, 2.45) is 12.0 Å². The fraction of sp³-hybridized carbons (Fsp3) is 0.421. The Morgan fingerprint density at radius 2 is 2.00 bits per heavy atom. The maximum Gasteiger partial charge on any atom is 0.191 e. The SMILES string of the molecule is CCNC(=NCc1ccn(C)c1)NCC1(c2ccccc2F)CC1.I. The number of aryl methyl sites for hydroxylation is 1. The molecule has 25 heavy (non-hydrogen) atoms. The first-order valence-corrected chi connectivity index (χ1v) is 8.51. The van der Waals surface area contributed by atoms with Gasteiger partial charge < -0.3 is 15.2 Å². The van der Waals surface area contributed by atoms with Crippen molar-refractivity contribution in [3.05, 3.63) is 59.7 Å². The first kappa shape index (κ1) is 19.8. The summed E-state index contributed by atoms with van der Waals surface area (Å²) in [5, 5.41) is 6.66. The first-order valence-electron chi connectivity index (χ1n) is 8.51. The topological polar surface area (TPSA) is 41.4 Å². The van der Waals surface area contributed by atoms with Gasteiger partial charge in [-0.15, -0.1) is 24.0 Å². The van der Waals surface area contributed by atoms with Crippen molar-refractivity contribution >= 4 is 29.9 Å². The molecule has 4 nitrogen and oxygen atoms in total. The number of halogens is 2. The third-order valence-electron chi connectivity index (χ3n) is 4.55. The quantitative estimate of drug-likeness (QED) is 0.397. The number of benzene rings is 1. The third-order valence-corrected chi connectivity index (χ3v) is 4.55. The van der Waals surface area contributed by atoms with Crippen molar-refractivity contribution in [3.8, 4) is 0 Å². The fourth-order valence-electron chi connectivity index (χ4n) is 3.00. The highest BCUT2D eigenvalue weighted by atomic mass is 127. The average molecular weight is 456 g/mol. The van der Waals surface area contributed by atoms with Crippen LogP contribution in [-0.4, -0.2) is 23.6 Å². The van der Waals surface area contributed by atoms with Crippen LogP contribution in [0.1, 0.15) is 30.9 Å². The van der Waals surface area contributed by atoms with Gasteiger partial charge in [0.2, 0.25) is 0 Å². The summed E-state index contributed by atoms with van der Waals surface area (Å²) in [6.07, 6.45) is 6.11. The lowest BCUT2D eigenvalue weighted by molar-refractivity contribution is 0.559. The summed E-state index contributed by atoms with van der Waals surface area (Å²) < 4.78 is 16.1. The van der Waals surface area contributed by atoms with Crippen LogP contribution in [0.3, 0.4) is 0 Å². The molecular weight excluding hydrogens is 430 g/mol. The van der Waals surface area contributed by atoms with Gasteiger partial charge in [-0.2, -0.15) is 0 Å². The van der Waals surface area contributed by atoms with Crippen molar-refractivity contribution in [1.29, 1.82) is 0 Å². The molecule has 2 aromatic rings. The standard InChI is InChI=1S/C19H25FN4.HI/c1-3-21-18(22-12-15-8-11-24(2)13-15)23-14-19(9-10-19)16-6-4-5-7-17(16)20;/h4-8,11,13H,3,9-10,12,14H2,1-2H3,(H2,21,22,23);1H. The normalized spacial score (nSPS) is 15.4. The van der Waals surface area contributed by atoms with Gasteiger partial charge in [-0.1, -0.05) is 18.2 Å². The third kappa shape index (κ3) is 4.96. The van der Waals surface area contributed by atoms with Gasteiger partial charge in [0.15, 0.2) is 5.96 Å². The molecule has 0 aliphatic heterocycles. The lowest BCUT2D eigenvalue weighted by atomic mass is 9.95. The van der Waals surface area contributed by atoms with Crippen LogP contribution < -0.4 is 10.6 Å². The maximum absolute atomic E-state index is 14.1. The van der Waals surface area contributed by atoms with Crippen molar-refractivity contribution in [2.75, 3.05) is 13.1 Å². The summed E-state index contributed by atoms with van der Waals surface area (Å²) in [7, 11) is 2.00. The summed E-state index contributed by atoms with van der Waals surface area (Å²) in [6.45, 7) is 4.17. The predicted molar refractivity (Wildman–Crippen MR) is 111 cm³/mol. The lowest BCUT2D eigenvalue weighted by Gasteiger charge is -2.19. The molecule has 0 atom stereocenters. The molecule has 1 aromatic carbocycles. The van der Waals surface area contributed by atoms with Gasteiger partial charge >= 0.3 is 0 Å². The van der Waals surface area contributed by atoms with E-state index in [2.05, 4.69) is 27.9 Å². The van der Waals surface area contributed by atoms with E-state index >= 15 is 0 Å². The number of hydrogen-bond donors (Lipinski definition) is 2. The summed E-state index contributed by atoms with van der Waals surface area (Å²) in [4.78, 5) is 4.63. The minimum atomic E-state index is -0.108. The minimum Gasteiger partial charge on any atom is -0.357 e. The highest BCUT2D eigenvalue weighted by Gasteiger charge is 2.45. The number of rotatable bonds is 6. The largest absolute Gasteiger partial charge is 0.357 e. The molecular formula is C19H26FIN4. The van der Waals surface area contributed by atoms with E-state index in [-0.39, 0.29) is 35.2 Å². The van der Waals surface area contributed by atoms with Crippen LogP contribution >= 0.6 is 24.0 Å². The Morgan fingerprint density at radius 3 is 2.60 bits per heavy atom. The summed E-state index contributed by atoms with van der Waals surface area (Å²) in [6, 6.07) is 9.16. The highest BCUT2D eigenvalue weighted by molar-refractivity contribution is 14.0. The van der Waals surface area contributed by atoms with Crippen LogP contribution in [0.5, 0.6) is 0 Å². The molecule has 1 saturated carbocycles. The molecule has 0 radical (unpaired) electrons. The van der Waals surface area contributed by atoms with Gasteiger partial charge in [0.1, 0.15) is 5.82 Å². The average Bonchev–Trinajstić information content (AvgIpc) is 3.25. The Morgan fingerprint density at radius 1 is 1.24 bits per heavy atom. The van der Waals surface area contributed by atoms with Crippen LogP contribution in [0.25, 0.3) is 0 Å². The second-order valence-electron chi connectivity index (χ2n) is 6.49. The van der Waals surface area contributed by atoms with E-state index in [9.17, 15) is 4.39 Å². The van der Waals surface area contributed by atoms with Crippen LogP contribution in [-0.2, 0) is 19.0 Å². The van der Waals surface area contributed by atoms with E-state index < -0.39 is 0 Å². The number of aliphatic imine (C=N–C) groups is 1. The molecule has 1 aromatic heterocycles. The Labute approximate surface area is 165 Å². The zero-order valence-electron chi connectivity index (χ0n) is 14.8. The van der Waals surface area contributed by atoms with E-state index in [1.165, 1.54) is 5.56 Å². The minimum absolute atomic E-state index is 0. The second-order valence-corrected chi connectivity index (χ2v) is 6.49. The lowest BCUT2D eigenvalue weighted by Crippen LogP contribution is -2.41. The molecule has 136 valence electrons. The van der Waals surface area contributed by atoms with Crippen LogP contribution in [0.2, 0.25) is 0 Å². The van der Waals surface area contributed by atoms with E-state index in [0.717, 1.165) is 30.9 Å². The number of hydrogen-bond acceptors (Lipinski definition) is 1. The predicted octanol–water partition coefficient (Wildman–Crippen LogP) is 3.57. The molecule has 6 heteroatoms. The molecule has 1 aliphatic rings. The van der Waals surface area contributed by atoms with E-state index in [1.54, 1.807) is 12.1 Å². The van der Waals surface area contributed by atoms with Gasteiger partial charge in [-0.3, -0.25) is 0 Å². The Bertz CT molecular complexity index is 722. The number of guanidine groups is 1. The van der Waals surface area contributed by atoms with Crippen LogP contribution in [0, 0.1) is 5.82 Å². The zero-order valence-corrected chi connectivity index (χ0v) is 17.1. The number of nitrogens with zero attached hydrogens (tertiary/aromatic N) is 2. The van der Waals surface area contributed by atoms with Crippen molar-refractivity contribution in [2.45, 2.75) is 31.7 Å². The smallest absolute Gasteiger partial charge is 0.191 e. The number of nitrogens with one attached hydrogen (secondary N) is 2. The second kappa shape index (κ2) is 8.69.